The molecule has 8 heteroatoms. The maximum Gasteiger partial charge on any atom is 0.174 e. The summed E-state index contributed by atoms with van der Waals surface area (Å²) < 4.78 is 5.87. The molecule has 1 aromatic carbocycles. The normalized spacial score (nSPS) is 10.7. The van der Waals surface area contributed by atoms with E-state index in [1.807, 2.05) is 6.92 Å². The second kappa shape index (κ2) is 11.8. The molecule has 29 heavy (non-hydrogen) atoms. The average molecular weight is 399 g/mol. The molecule has 1 N–H and O–H groups in total. The molecule has 0 unspecified atom stereocenters. The standard InChI is InChI=1S/C21H29N5O3/c1-3-9-18-19(12-11-17(16(2)27)21(18)28)29-15-8-4-5-10-20-23-25-26(24-20)14-7-6-13-22/h11-12,28H,3-10,14-15H2,1-2H3. The summed E-state index contributed by atoms with van der Waals surface area (Å²) in [5.74, 6) is 1.26. The number of Topliss-reactive ketones (excluding diaryl/α,β-unsaturated/α-hetero) is 1. The summed E-state index contributed by atoms with van der Waals surface area (Å²) in [6.45, 7) is 4.63. The van der Waals surface area contributed by atoms with Gasteiger partial charge in [0, 0.05) is 18.4 Å². The third-order valence-electron chi connectivity index (χ3n) is 4.56. The smallest absolute Gasteiger partial charge is 0.174 e. The highest BCUT2D eigenvalue weighted by molar-refractivity contribution is 5.97. The molecule has 0 atom stereocenters. The lowest BCUT2D eigenvalue weighted by Gasteiger charge is -2.14. The lowest BCUT2D eigenvalue weighted by molar-refractivity contribution is 0.101. The number of hydrogen-bond donors (Lipinski definition) is 1. The molecule has 1 heterocycles. The lowest BCUT2D eigenvalue weighted by Crippen LogP contribution is -2.04. The highest BCUT2D eigenvalue weighted by Crippen LogP contribution is 2.33. The van der Waals surface area contributed by atoms with Crippen LogP contribution in [0.2, 0.25) is 0 Å². The van der Waals surface area contributed by atoms with Crippen molar-refractivity contribution in [2.45, 2.75) is 71.8 Å². The average Bonchev–Trinajstić information content (AvgIpc) is 3.14. The molecule has 1 aromatic heterocycles. The van der Waals surface area contributed by atoms with Crippen LogP contribution in [-0.4, -0.2) is 37.7 Å². The van der Waals surface area contributed by atoms with Crippen LogP contribution in [-0.2, 0) is 19.4 Å². The van der Waals surface area contributed by atoms with Crippen LogP contribution in [0, 0.1) is 11.3 Å². The highest BCUT2D eigenvalue weighted by atomic mass is 16.5. The molecule has 0 spiro atoms. The Morgan fingerprint density at radius 1 is 1.24 bits per heavy atom. The van der Waals surface area contributed by atoms with E-state index in [1.54, 1.807) is 16.9 Å². The van der Waals surface area contributed by atoms with E-state index in [9.17, 15) is 9.90 Å². The minimum Gasteiger partial charge on any atom is -0.507 e. The number of carbonyl (C=O) groups is 1. The third kappa shape index (κ3) is 6.86. The number of phenolic OH excluding ortho intramolecular Hbond substituents is 1. The van der Waals surface area contributed by atoms with Gasteiger partial charge in [0.25, 0.3) is 0 Å². The van der Waals surface area contributed by atoms with Gasteiger partial charge in [0.15, 0.2) is 11.6 Å². The highest BCUT2D eigenvalue weighted by Gasteiger charge is 2.15. The first-order valence-electron chi connectivity index (χ1n) is 10.2. The van der Waals surface area contributed by atoms with Gasteiger partial charge in [-0.2, -0.15) is 10.1 Å². The Kier molecular flexibility index (Phi) is 9.09. The van der Waals surface area contributed by atoms with Crippen molar-refractivity contribution in [1.29, 1.82) is 5.26 Å². The molecule has 0 aliphatic rings. The number of unbranched alkanes of at least 4 members (excludes halogenated alkanes) is 3. The number of nitrogens with zero attached hydrogens (tertiary/aromatic N) is 5. The van der Waals surface area contributed by atoms with E-state index in [0.29, 0.717) is 42.9 Å². The maximum atomic E-state index is 11.6. The second-order valence-electron chi connectivity index (χ2n) is 6.97. The second-order valence-corrected chi connectivity index (χ2v) is 6.97. The number of rotatable bonds is 13. The van der Waals surface area contributed by atoms with E-state index in [4.69, 9.17) is 10.00 Å². The molecule has 0 saturated carbocycles. The van der Waals surface area contributed by atoms with E-state index in [-0.39, 0.29) is 11.5 Å². The molecule has 8 nitrogen and oxygen atoms in total. The number of ketones is 1. The van der Waals surface area contributed by atoms with Crippen LogP contribution in [0.25, 0.3) is 0 Å². The Morgan fingerprint density at radius 3 is 2.79 bits per heavy atom. The lowest BCUT2D eigenvalue weighted by atomic mass is 10.0. The van der Waals surface area contributed by atoms with Crippen molar-refractivity contribution in [2.24, 2.45) is 0 Å². The molecule has 0 aliphatic heterocycles. The van der Waals surface area contributed by atoms with Gasteiger partial charge in [-0.25, -0.2) is 0 Å². The van der Waals surface area contributed by atoms with Gasteiger partial charge in [0.05, 0.1) is 24.8 Å². The van der Waals surface area contributed by atoms with Crippen molar-refractivity contribution in [1.82, 2.24) is 20.2 Å². The van der Waals surface area contributed by atoms with E-state index in [2.05, 4.69) is 21.5 Å². The molecule has 156 valence electrons. The van der Waals surface area contributed by atoms with Crippen LogP contribution in [0.3, 0.4) is 0 Å². The molecule has 0 fully saturated rings. The number of ether oxygens (including phenoxy) is 1. The number of hydrogen-bond acceptors (Lipinski definition) is 7. The van der Waals surface area contributed by atoms with Gasteiger partial charge < -0.3 is 9.84 Å². The van der Waals surface area contributed by atoms with Gasteiger partial charge in [0.1, 0.15) is 11.5 Å². The first-order valence-corrected chi connectivity index (χ1v) is 10.2. The Labute approximate surface area is 171 Å². The van der Waals surface area contributed by atoms with Crippen LogP contribution in [0.5, 0.6) is 11.5 Å². The van der Waals surface area contributed by atoms with Crippen LogP contribution in [0.15, 0.2) is 12.1 Å². The molecule has 0 amide bonds. The van der Waals surface area contributed by atoms with Crippen molar-refractivity contribution in [3.05, 3.63) is 29.1 Å². The maximum absolute atomic E-state index is 11.6. The summed E-state index contributed by atoms with van der Waals surface area (Å²) in [6.07, 6.45) is 6.27. The number of tetrazole rings is 1. The fourth-order valence-electron chi connectivity index (χ4n) is 3.04. The summed E-state index contributed by atoms with van der Waals surface area (Å²) in [5, 5.41) is 31.3. The summed E-state index contributed by atoms with van der Waals surface area (Å²) >= 11 is 0. The van der Waals surface area contributed by atoms with Crippen molar-refractivity contribution in [3.8, 4) is 17.6 Å². The van der Waals surface area contributed by atoms with Gasteiger partial charge in [0.2, 0.25) is 0 Å². The SMILES string of the molecule is CCCc1c(OCCCCCc2nnn(CCCC#N)n2)ccc(C(C)=O)c1O. The Hall–Kier alpha value is -2.95. The monoisotopic (exact) mass is 399 g/mol. The van der Waals surface area contributed by atoms with Crippen molar-refractivity contribution in [3.63, 3.8) is 0 Å². The fraction of sp³-hybridized carbons (Fsp3) is 0.571. The number of carbonyl (C=O) groups excluding carboxylic acids is 1. The minimum absolute atomic E-state index is 0.0424. The number of aromatic hydroxyl groups is 1. The quantitative estimate of drug-likeness (QED) is 0.404. The van der Waals surface area contributed by atoms with Crippen molar-refractivity contribution < 1.29 is 14.6 Å². The number of aryl methyl sites for hydroxylation is 2. The zero-order chi connectivity index (χ0) is 21.1. The number of benzene rings is 1. The topological polar surface area (TPSA) is 114 Å². The Bertz CT molecular complexity index is 841. The molecule has 2 rings (SSSR count). The zero-order valence-electron chi connectivity index (χ0n) is 17.2. The van der Waals surface area contributed by atoms with Crippen molar-refractivity contribution >= 4 is 5.78 Å². The third-order valence-corrected chi connectivity index (χ3v) is 4.56. The van der Waals surface area contributed by atoms with Gasteiger partial charge in [-0.3, -0.25) is 4.79 Å². The number of aromatic nitrogens is 4. The molecular weight excluding hydrogens is 370 g/mol. The van der Waals surface area contributed by atoms with Crippen molar-refractivity contribution in [2.75, 3.05) is 6.61 Å². The van der Waals surface area contributed by atoms with Gasteiger partial charge >= 0.3 is 0 Å². The summed E-state index contributed by atoms with van der Waals surface area (Å²) in [4.78, 5) is 13.2. The molecule has 0 bridgehead atoms. The molecule has 0 radical (unpaired) electrons. The predicted octanol–water partition coefficient (Wildman–Crippen LogP) is 3.63. The first kappa shape index (κ1) is 22.3. The molecule has 0 saturated heterocycles. The number of nitriles is 1. The summed E-state index contributed by atoms with van der Waals surface area (Å²) in [5.41, 5.74) is 1.05. The van der Waals surface area contributed by atoms with Gasteiger partial charge in [-0.1, -0.05) is 13.3 Å². The first-order chi connectivity index (χ1) is 14.1. The molecule has 0 aliphatic carbocycles. The summed E-state index contributed by atoms with van der Waals surface area (Å²) in [7, 11) is 0. The van der Waals surface area contributed by atoms with Crippen LogP contribution in [0.1, 0.15) is 74.1 Å². The summed E-state index contributed by atoms with van der Waals surface area (Å²) in [6, 6.07) is 5.50. The Morgan fingerprint density at radius 2 is 2.07 bits per heavy atom. The van der Waals surface area contributed by atoms with E-state index >= 15 is 0 Å². The fourth-order valence-corrected chi connectivity index (χ4v) is 3.04. The van der Waals surface area contributed by atoms with Crippen LogP contribution >= 0.6 is 0 Å². The zero-order valence-corrected chi connectivity index (χ0v) is 17.2. The van der Waals surface area contributed by atoms with E-state index < -0.39 is 0 Å². The minimum atomic E-state index is -0.151. The predicted molar refractivity (Wildman–Crippen MR) is 108 cm³/mol. The Balaban J connectivity index is 1.75. The van der Waals surface area contributed by atoms with E-state index in [1.165, 1.54) is 6.92 Å². The van der Waals surface area contributed by atoms with E-state index in [0.717, 1.165) is 44.3 Å². The van der Waals surface area contributed by atoms with Crippen LogP contribution < -0.4 is 4.74 Å². The van der Waals surface area contributed by atoms with Gasteiger partial charge in [-0.05, 0) is 56.4 Å². The largest absolute Gasteiger partial charge is 0.507 e. The molecule has 2 aromatic rings. The van der Waals surface area contributed by atoms with Gasteiger partial charge in [-0.15, -0.1) is 10.2 Å². The molecular formula is C21H29N5O3. The number of phenols is 1. The van der Waals surface area contributed by atoms with Crippen LogP contribution in [0.4, 0.5) is 0 Å².